The molecule has 0 radical (unpaired) electrons. The van der Waals surface area contributed by atoms with E-state index in [0.717, 1.165) is 15.8 Å². The molecule has 2 aromatic heterocycles. The smallest absolute Gasteiger partial charge is 0.205 e. The topological polar surface area (TPSA) is 56.6 Å². The molecule has 0 saturated heterocycles. The summed E-state index contributed by atoms with van der Waals surface area (Å²) in [6.45, 7) is 1.86. The van der Waals surface area contributed by atoms with Crippen LogP contribution in [0, 0.1) is 18.3 Å². The first-order valence-corrected chi connectivity index (χ1v) is 6.63. The van der Waals surface area contributed by atoms with Gasteiger partial charge in [0.25, 0.3) is 0 Å². The Hall–Kier alpha value is -2.38. The van der Waals surface area contributed by atoms with E-state index in [1.165, 1.54) is 11.3 Å². The van der Waals surface area contributed by atoms with Gasteiger partial charge in [0, 0.05) is 27.5 Å². The molecule has 1 N–H and O–H groups in total. The number of aryl methyl sites for hydroxylation is 1. The zero-order valence-electron chi connectivity index (χ0n) is 10.2. The minimum Gasteiger partial charge on any atom is -0.360 e. The number of H-pyrrole nitrogens is 1. The van der Waals surface area contributed by atoms with E-state index < -0.39 is 0 Å². The van der Waals surface area contributed by atoms with Gasteiger partial charge in [0.2, 0.25) is 5.78 Å². The molecule has 4 heteroatoms. The maximum Gasteiger partial charge on any atom is 0.205 e. The van der Waals surface area contributed by atoms with E-state index in [0.29, 0.717) is 16.0 Å². The number of carbonyl (C=O) groups is 1. The van der Waals surface area contributed by atoms with Crippen molar-refractivity contribution in [2.45, 2.75) is 6.92 Å². The van der Waals surface area contributed by atoms with Gasteiger partial charge in [0.1, 0.15) is 6.07 Å². The van der Waals surface area contributed by atoms with E-state index in [-0.39, 0.29) is 5.78 Å². The van der Waals surface area contributed by atoms with E-state index in [1.807, 2.05) is 31.2 Å². The molecule has 3 aromatic rings. The SMILES string of the molecule is Cc1sc(C(=O)c2c[nH]c3ccccc23)cc1C#N. The fourth-order valence-corrected chi connectivity index (χ4v) is 3.02. The van der Waals surface area contributed by atoms with Crippen LogP contribution in [0.3, 0.4) is 0 Å². The van der Waals surface area contributed by atoms with Crippen LogP contribution in [0.1, 0.15) is 25.7 Å². The normalized spacial score (nSPS) is 10.5. The van der Waals surface area contributed by atoms with Crippen molar-refractivity contribution in [3.8, 4) is 6.07 Å². The molecule has 3 nitrogen and oxygen atoms in total. The standard InChI is InChI=1S/C15H10N2OS/c1-9-10(7-16)6-14(19-9)15(18)12-8-17-13-5-3-2-4-11(12)13/h2-6,8,17H,1H3. The van der Waals surface area contributed by atoms with Crippen molar-refractivity contribution >= 4 is 28.0 Å². The van der Waals surface area contributed by atoms with Crippen molar-refractivity contribution in [3.05, 3.63) is 57.4 Å². The van der Waals surface area contributed by atoms with Crippen LogP contribution in [0.25, 0.3) is 10.9 Å². The molecule has 0 aliphatic heterocycles. The summed E-state index contributed by atoms with van der Waals surface area (Å²) in [6, 6.07) is 11.5. The van der Waals surface area contributed by atoms with Crippen molar-refractivity contribution in [2.24, 2.45) is 0 Å². The lowest BCUT2D eigenvalue weighted by atomic mass is 10.1. The van der Waals surface area contributed by atoms with Gasteiger partial charge < -0.3 is 4.98 Å². The summed E-state index contributed by atoms with van der Waals surface area (Å²) in [5.41, 5.74) is 2.18. The van der Waals surface area contributed by atoms with Gasteiger partial charge in [-0.3, -0.25) is 4.79 Å². The highest BCUT2D eigenvalue weighted by molar-refractivity contribution is 7.14. The minimum atomic E-state index is -0.0351. The lowest BCUT2D eigenvalue weighted by Crippen LogP contribution is -1.96. The third kappa shape index (κ3) is 1.85. The number of aromatic nitrogens is 1. The number of aromatic amines is 1. The molecule has 0 saturated carbocycles. The number of fused-ring (bicyclic) bond motifs is 1. The second kappa shape index (κ2) is 4.38. The van der Waals surface area contributed by atoms with Crippen LogP contribution in [-0.2, 0) is 0 Å². The molecule has 0 spiro atoms. The Morgan fingerprint density at radius 1 is 1.37 bits per heavy atom. The first-order valence-electron chi connectivity index (χ1n) is 5.82. The third-order valence-corrected chi connectivity index (χ3v) is 4.15. The number of rotatable bonds is 2. The van der Waals surface area contributed by atoms with Crippen molar-refractivity contribution in [1.82, 2.24) is 4.98 Å². The van der Waals surface area contributed by atoms with Gasteiger partial charge in [-0.25, -0.2) is 0 Å². The van der Waals surface area contributed by atoms with Gasteiger partial charge in [-0.05, 0) is 19.1 Å². The highest BCUT2D eigenvalue weighted by atomic mass is 32.1. The summed E-state index contributed by atoms with van der Waals surface area (Å²) >= 11 is 1.37. The summed E-state index contributed by atoms with van der Waals surface area (Å²) in [6.07, 6.45) is 1.73. The fraction of sp³-hybridized carbons (Fsp3) is 0.0667. The number of hydrogen-bond acceptors (Lipinski definition) is 3. The molecule has 0 bridgehead atoms. The molecular formula is C15H10N2OS. The number of hydrogen-bond donors (Lipinski definition) is 1. The molecule has 0 aliphatic rings. The molecule has 92 valence electrons. The van der Waals surface area contributed by atoms with Crippen molar-refractivity contribution in [1.29, 1.82) is 5.26 Å². The molecule has 0 aliphatic carbocycles. The summed E-state index contributed by atoms with van der Waals surface area (Å²) in [5.74, 6) is -0.0351. The second-order valence-electron chi connectivity index (χ2n) is 4.27. The van der Waals surface area contributed by atoms with Gasteiger partial charge in [-0.15, -0.1) is 11.3 Å². The van der Waals surface area contributed by atoms with E-state index in [9.17, 15) is 4.79 Å². The Kier molecular flexibility index (Phi) is 2.69. The maximum atomic E-state index is 12.5. The van der Waals surface area contributed by atoms with E-state index in [2.05, 4.69) is 11.1 Å². The van der Waals surface area contributed by atoms with E-state index in [1.54, 1.807) is 12.3 Å². The summed E-state index contributed by atoms with van der Waals surface area (Å²) in [5, 5.41) is 9.87. The van der Waals surface area contributed by atoms with Crippen LogP contribution in [-0.4, -0.2) is 10.8 Å². The lowest BCUT2D eigenvalue weighted by molar-refractivity contribution is 0.104. The fourth-order valence-electron chi connectivity index (χ4n) is 2.10. The molecular weight excluding hydrogens is 256 g/mol. The van der Waals surface area contributed by atoms with Gasteiger partial charge in [-0.2, -0.15) is 5.26 Å². The highest BCUT2D eigenvalue weighted by Gasteiger charge is 2.17. The first kappa shape index (κ1) is 11.7. The third-order valence-electron chi connectivity index (χ3n) is 3.10. The van der Waals surface area contributed by atoms with Crippen molar-refractivity contribution < 1.29 is 4.79 Å². The number of nitriles is 1. The Morgan fingerprint density at radius 2 is 2.16 bits per heavy atom. The summed E-state index contributed by atoms with van der Waals surface area (Å²) in [7, 11) is 0. The lowest BCUT2D eigenvalue weighted by Gasteiger charge is -1.95. The van der Waals surface area contributed by atoms with Crippen LogP contribution in [0.2, 0.25) is 0 Å². The average molecular weight is 266 g/mol. The van der Waals surface area contributed by atoms with Crippen LogP contribution < -0.4 is 0 Å². The molecule has 0 unspecified atom stereocenters. The van der Waals surface area contributed by atoms with Crippen LogP contribution in [0.15, 0.2) is 36.5 Å². The molecule has 0 fully saturated rings. The second-order valence-corrected chi connectivity index (χ2v) is 5.53. The van der Waals surface area contributed by atoms with E-state index in [4.69, 9.17) is 5.26 Å². The quantitative estimate of drug-likeness (QED) is 0.720. The maximum absolute atomic E-state index is 12.5. The number of benzene rings is 1. The van der Waals surface area contributed by atoms with Gasteiger partial charge >= 0.3 is 0 Å². The first-order chi connectivity index (χ1) is 9.20. The van der Waals surface area contributed by atoms with Crippen LogP contribution >= 0.6 is 11.3 Å². The monoisotopic (exact) mass is 266 g/mol. The predicted octanol–water partition coefficient (Wildman–Crippen LogP) is 3.64. The Labute approximate surface area is 114 Å². The number of ketones is 1. The molecule has 0 atom stereocenters. The number of thiophene rings is 1. The average Bonchev–Trinajstić information content (AvgIpc) is 3.01. The number of nitrogens with zero attached hydrogens (tertiary/aromatic N) is 1. The van der Waals surface area contributed by atoms with Gasteiger partial charge in [0.15, 0.2) is 0 Å². The molecule has 1 aromatic carbocycles. The van der Waals surface area contributed by atoms with Crippen LogP contribution in [0.4, 0.5) is 0 Å². The van der Waals surface area contributed by atoms with Gasteiger partial charge in [-0.1, -0.05) is 18.2 Å². The minimum absolute atomic E-state index is 0.0351. The number of carbonyl (C=O) groups excluding carboxylic acids is 1. The predicted molar refractivity (Wildman–Crippen MR) is 75.5 cm³/mol. The van der Waals surface area contributed by atoms with E-state index >= 15 is 0 Å². The molecule has 0 amide bonds. The number of nitrogens with one attached hydrogen (secondary N) is 1. The van der Waals surface area contributed by atoms with Crippen LogP contribution in [0.5, 0.6) is 0 Å². The molecule has 2 heterocycles. The zero-order chi connectivity index (χ0) is 13.4. The van der Waals surface area contributed by atoms with Gasteiger partial charge in [0.05, 0.1) is 10.4 Å². The Morgan fingerprint density at radius 3 is 2.89 bits per heavy atom. The Balaban J connectivity index is 2.11. The zero-order valence-corrected chi connectivity index (χ0v) is 11.0. The summed E-state index contributed by atoms with van der Waals surface area (Å²) in [4.78, 5) is 17.1. The summed E-state index contributed by atoms with van der Waals surface area (Å²) < 4.78 is 0. The largest absolute Gasteiger partial charge is 0.360 e. The molecule has 3 rings (SSSR count). The Bertz CT molecular complexity index is 820. The highest BCUT2D eigenvalue weighted by Crippen LogP contribution is 2.26. The molecule has 19 heavy (non-hydrogen) atoms. The number of para-hydroxylation sites is 1. The van der Waals surface area contributed by atoms with Crippen molar-refractivity contribution in [3.63, 3.8) is 0 Å². The van der Waals surface area contributed by atoms with Crippen molar-refractivity contribution in [2.75, 3.05) is 0 Å².